The van der Waals surface area contributed by atoms with Gasteiger partial charge in [0.25, 0.3) is 0 Å². The summed E-state index contributed by atoms with van der Waals surface area (Å²) >= 11 is 0. The van der Waals surface area contributed by atoms with E-state index >= 15 is 0 Å². The third-order valence-electron chi connectivity index (χ3n) is 5.58. The van der Waals surface area contributed by atoms with Crippen LogP contribution in [0.2, 0.25) is 0 Å². The summed E-state index contributed by atoms with van der Waals surface area (Å²) in [7, 11) is 1.67. The molecule has 4 rings (SSSR count). The summed E-state index contributed by atoms with van der Waals surface area (Å²) in [5.41, 5.74) is 3.11. The highest BCUT2D eigenvalue weighted by molar-refractivity contribution is 5.43. The molecule has 0 radical (unpaired) electrons. The van der Waals surface area contributed by atoms with Crippen LogP contribution in [-0.2, 0) is 6.42 Å². The number of ether oxygens (including phenoxy) is 2. The van der Waals surface area contributed by atoms with Crippen molar-refractivity contribution in [2.75, 3.05) is 33.4 Å². The lowest BCUT2D eigenvalue weighted by atomic mass is 10.1. The summed E-state index contributed by atoms with van der Waals surface area (Å²) in [4.78, 5) is 11.7. The van der Waals surface area contributed by atoms with Crippen molar-refractivity contribution in [3.8, 4) is 17.3 Å². The van der Waals surface area contributed by atoms with Gasteiger partial charge in [-0.2, -0.15) is 5.10 Å². The molecule has 0 saturated carbocycles. The quantitative estimate of drug-likeness (QED) is 0.491. The molecule has 1 fully saturated rings. The second-order valence-corrected chi connectivity index (χ2v) is 8.08. The minimum atomic E-state index is 0.612. The van der Waals surface area contributed by atoms with Gasteiger partial charge in [0, 0.05) is 30.9 Å². The smallest absolute Gasteiger partial charge is 0.161 e. The first kappa shape index (κ1) is 21.3. The van der Waals surface area contributed by atoms with Gasteiger partial charge in [0.2, 0.25) is 0 Å². The van der Waals surface area contributed by atoms with Crippen molar-refractivity contribution in [1.29, 1.82) is 0 Å². The summed E-state index contributed by atoms with van der Waals surface area (Å²) in [5, 5.41) is 4.52. The van der Waals surface area contributed by atoms with Gasteiger partial charge in [-0.15, -0.1) is 0 Å². The Morgan fingerprint density at radius 1 is 1.03 bits per heavy atom. The van der Waals surface area contributed by atoms with E-state index in [9.17, 15) is 0 Å². The Labute approximate surface area is 184 Å². The van der Waals surface area contributed by atoms with Crippen LogP contribution in [0, 0.1) is 13.8 Å². The number of hydrogen-bond donors (Lipinski definition) is 0. The first-order chi connectivity index (χ1) is 15.1. The minimum absolute atomic E-state index is 0.612. The summed E-state index contributed by atoms with van der Waals surface area (Å²) in [6.07, 6.45) is 6.05. The van der Waals surface area contributed by atoms with Crippen LogP contribution in [-0.4, -0.2) is 58.0 Å². The highest BCUT2D eigenvalue weighted by atomic mass is 16.5. The zero-order chi connectivity index (χ0) is 21.6. The summed E-state index contributed by atoms with van der Waals surface area (Å²) in [6.45, 7) is 8.22. The maximum atomic E-state index is 6.07. The van der Waals surface area contributed by atoms with Gasteiger partial charge in [0.05, 0.1) is 19.4 Å². The van der Waals surface area contributed by atoms with Crippen LogP contribution < -0.4 is 9.47 Å². The number of aryl methyl sites for hydroxylation is 2. The molecule has 0 atom stereocenters. The van der Waals surface area contributed by atoms with E-state index in [4.69, 9.17) is 14.5 Å². The second kappa shape index (κ2) is 9.92. The van der Waals surface area contributed by atoms with Gasteiger partial charge >= 0.3 is 0 Å². The van der Waals surface area contributed by atoms with Crippen LogP contribution in [0.1, 0.15) is 42.0 Å². The highest BCUT2D eigenvalue weighted by Gasteiger charge is 2.12. The summed E-state index contributed by atoms with van der Waals surface area (Å²) < 4.78 is 13.4. The molecule has 0 unspecified atom stereocenters. The minimum Gasteiger partial charge on any atom is -0.493 e. The fourth-order valence-corrected chi connectivity index (χ4v) is 4.06. The molecule has 1 aliphatic heterocycles. The number of methoxy groups -OCH3 is 1. The van der Waals surface area contributed by atoms with Crippen LogP contribution in [0.3, 0.4) is 0 Å². The standard InChI is InChI=1S/C24H31N5O2/c1-18-15-19(2)29(27-18)24-9-10-25-23(26-24)17-20-7-8-21(30-3)22(16-20)31-14-6-13-28-11-4-5-12-28/h7-10,15-16H,4-6,11-14,17H2,1-3H3. The molecule has 0 spiro atoms. The van der Waals surface area contributed by atoms with Crippen LogP contribution in [0.15, 0.2) is 36.5 Å². The van der Waals surface area contributed by atoms with Gasteiger partial charge in [-0.25, -0.2) is 14.6 Å². The molecule has 2 aromatic heterocycles. The van der Waals surface area contributed by atoms with E-state index in [2.05, 4.69) is 15.0 Å². The summed E-state index contributed by atoms with van der Waals surface area (Å²) in [6, 6.07) is 9.95. The fourth-order valence-electron chi connectivity index (χ4n) is 4.06. The van der Waals surface area contributed by atoms with Crippen molar-refractivity contribution in [2.24, 2.45) is 0 Å². The predicted molar refractivity (Wildman–Crippen MR) is 120 cm³/mol. The Kier molecular flexibility index (Phi) is 6.82. The lowest BCUT2D eigenvalue weighted by molar-refractivity contribution is 0.254. The number of nitrogens with zero attached hydrogens (tertiary/aromatic N) is 5. The normalized spacial score (nSPS) is 14.2. The first-order valence-electron chi connectivity index (χ1n) is 11.0. The molecule has 1 aromatic carbocycles. The van der Waals surface area contributed by atoms with Gasteiger partial charge in [0.1, 0.15) is 5.82 Å². The van der Waals surface area contributed by atoms with Gasteiger partial charge in [-0.3, -0.25) is 0 Å². The molecule has 0 amide bonds. The lowest BCUT2D eigenvalue weighted by Crippen LogP contribution is -2.21. The van der Waals surface area contributed by atoms with Crippen LogP contribution >= 0.6 is 0 Å². The topological polar surface area (TPSA) is 65.3 Å². The van der Waals surface area contributed by atoms with Crippen molar-refractivity contribution in [3.05, 3.63) is 59.3 Å². The number of aromatic nitrogens is 4. The summed E-state index contributed by atoms with van der Waals surface area (Å²) in [5.74, 6) is 3.05. The van der Waals surface area contributed by atoms with Gasteiger partial charge in [-0.1, -0.05) is 6.07 Å². The molecular formula is C24H31N5O2. The number of benzene rings is 1. The molecule has 0 N–H and O–H groups in total. The van der Waals surface area contributed by atoms with Gasteiger partial charge in [0.15, 0.2) is 17.3 Å². The third kappa shape index (κ3) is 5.41. The molecule has 3 heterocycles. The molecule has 7 nitrogen and oxygen atoms in total. The molecular weight excluding hydrogens is 390 g/mol. The maximum absolute atomic E-state index is 6.07. The number of rotatable bonds is 9. The van der Waals surface area contributed by atoms with Crippen molar-refractivity contribution >= 4 is 0 Å². The van der Waals surface area contributed by atoms with E-state index in [1.165, 1.54) is 25.9 Å². The van der Waals surface area contributed by atoms with Crippen LogP contribution in [0.5, 0.6) is 11.5 Å². The Hall–Kier alpha value is -2.93. The van der Waals surface area contributed by atoms with E-state index in [1.807, 2.05) is 48.9 Å². The first-order valence-corrected chi connectivity index (χ1v) is 11.0. The van der Waals surface area contributed by atoms with Crippen LogP contribution in [0.25, 0.3) is 5.82 Å². The molecule has 0 bridgehead atoms. The third-order valence-corrected chi connectivity index (χ3v) is 5.58. The highest BCUT2D eigenvalue weighted by Crippen LogP contribution is 2.29. The molecule has 0 aliphatic carbocycles. The Bertz CT molecular complexity index is 1010. The van der Waals surface area contributed by atoms with E-state index in [0.29, 0.717) is 13.0 Å². The molecule has 1 saturated heterocycles. The average Bonchev–Trinajstić information content (AvgIpc) is 3.40. The fraction of sp³-hybridized carbons (Fsp3) is 0.458. The SMILES string of the molecule is COc1ccc(Cc2nccc(-n3nc(C)cc3C)n2)cc1OCCCN1CCCC1. The van der Waals surface area contributed by atoms with Crippen molar-refractivity contribution in [2.45, 2.75) is 39.5 Å². The maximum Gasteiger partial charge on any atom is 0.161 e. The number of hydrogen-bond acceptors (Lipinski definition) is 6. The van der Waals surface area contributed by atoms with E-state index < -0.39 is 0 Å². The molecule has 164 valence electrons. The number of likely N-dealkylation sites (tertiary alicyclic amines) is 1. The molecule has 1 aliphatic rings. The monoisotopic (exact) mass is 421 g/mol. The Balaban J connectivity index is 1.43. The Morgan fingerprint density at radius 2 is 1.87 bits per heavy atom. The van der Waals surface area contributed by atoms with E-state index in [-0.39, 0.29) is 0 Å². The average molecular weight is 422 g/mol. The van der Waals surface area contributed by atoms with E-state index in [1.54, 1.807) is 13.3 Å². The Morgan fingerprint density at radius 3 is 2.61 bits per heavy atom. The van der Waals surface area contributed by atoms with Gasteiger partial charge in [-0.05, 0) is 70.0 Å². The van der Waals surface area contributed by atoms with Crippen molar-refractivity contribution < 1.29 is 9.47 Å². The predicted octanol–water partition coefficient (Wildman–Crippen LogP) is 3.74. The molecule has 3 aromatic rings. The lowest BCUT2D eigenvalue weighted by Gasteiger charge is -2.16. The second-order valence-electron chi connectivity index (χ2n) is 8.08. The van der Waals surface area contributed by atoms with Gasteiger partial charge < -0.3 is 14.4 Å². The van der Waals surface area contributed by atoms with Crippen molar-refractivity contribution in [3.63, 3.8) is 0 Å². The molecule has 7 heteroatoms. The van der Waals surface area contributed by atoms with Crippen LogP contribution in [0.4, 0.5) is 0 Å². The zero-order valence-electron chi connectivity index (χ0n) is 18.7. The molecule has 31 heavy (non-hydrogen) atoms. The van der Waals surface area contributed by atoms with E-state index in [0.717, 1.165) is 53.1 Å². The van der Waals surface area contributed by atoms with Crippen molar-refractivity contribution in [1.82, 2.24) is 24.6 Å². The zero-order valence-corrected chi connectivity index (χ0v) is 18.7. The largest absolute Gasteiger partial charge is 0.493 e.